The summed E-state index contributed by atoms with van der Waals surface area (Å²) in [5, 5.41) is 9.75. The monoisotopic (exact) mass is 269 g/mol. The van der Waals surface area contributed by atoms with Crippen molar-refractivity contribution in [3.63, 3.8) is 0 Å². The summed E-state index contributed by atoms with van der Waals surface area (Å²) in [6.07, 6.45) is 1.54. The van der Waals surface area contributed by atoms with Crippen molar-refractivity contribution in [1.29, 1.82) is 0 Å². The summed E-state index contributed by atoms with van der Waals surface area (Å²) >= 11 is 0. The summed E-state index contributed by atoms with van der Waals surface area (Å²) in [5.41, 5.74) is 1.81. The minimum atomic E-state index is -0.00808. The molecule has 0 radical (unpaired) electrons. The van der Waals surface area contributed by atoms with E-state index in [1.54, 1.807) is 49.6 Å². The Hall–Kier alpha value is -2.62. The minimum absolute atomic E-state index is 0.00808. The molecule has 0 spiro atoms. The van der Waals surface area contributed by atoms with Crippen LogP contribution in [0.3, 0.4) is 0 Å². The molecule has 4 nitrogen and oxygen atoms in total. The van der Waals surface area contributed by atoms with Crippen molar-refractivity contribution in [2.75, 3.05) is 7.11 Å². The predicted octanol–water partition coefficient (Wildman–Crippen LogP) is 3.35. The highest BCUT2D eigenvalue weighted by Crippen LogP contribution is 2.22. The van der Waals surface area contributed by atoms with Gasteiger partial charge in [-0.15, -0.1) is 0 Å². The van der Waals surface area contributed by atoms with Crippen LogP contribution >= 0.6 is 0 Å². The molecule has 20 heavy (non-hydrogen) atoms. The second-order valence-corrected chi connectivity index (χ2v) is 4.29. The van der Waals surface area contributed by atoms with Gasteiger partial charge in [0, 0.05) is 17.3 Å². The van der Waals surface area contributed by atoms with Crippen molar-refractivity contribution in [3.8, 4) is 11.5 Å². The molecule has 0 aliphatic carbocycles. The quantitative estimate of drug-likeness (QED) is 0.684. The molecule has 2 rings (SSSR count). The highest BCUT2D eigenvalue weighted by molar-refractivity contribution is 5.95. The van der Waals surface area contributed by atoms with Gasteiger partial charge in [-0.25, -0.2) is 0 Å². The number of hydrogen-bond acceptors (Lipinski definition) is 4. The van der Waals surface area contributed by atoms with Gasteiger partial charge in [0.15, 0.2) is 5.78 Å². The van der Waals surface area contributed by atoms with Crippen LogP contribution in [-0.4, -0.2) is 24.2 Å². The smallest absolute Gasteiger partial charge is 0.159 e. The van der Waals surface area contributed by atoms with Crippen LogP contribution in [0.4, 0.5) is 5.69 Å². The summed E-state index contributed by atoms with van der Waals surface area (Å²) in [6.45, 7) is 1.51. The molecule has 2 aromatic carbocycles. The van der Waals surface area contributed by atoms with Crippen LogP contribution in [0.25, 0.3) is 0 Å². The van der Waals surface area contributed by atoms with Gasteiger partial charge in [-0.1, -0.05) is 12.1 Å². The van der Waals surface area contributed by atoms with E-state index in [9.17, 15) is 9.90 Å². The van der Waals surface area contributed by atoms with Crippen molar-refractivity contribution in [3.05, 3.63) is 53.6 Å². The zero-order valence-corrected chi connectivity index (χ0v) is 11.3. The first-order valence-electron chi connectivity index (χ1n) is 6.12. The number of Topliss-reactive ketones (excluding diaryl/α,β-unsaturated/α-hetero) is 1. The van der Waals surface area contributed by atoms with E-state index in [0.717, 1.165) is 0 Å². The molecule has 0 heterocycles. The molecule has 102 valence electrons. The molecule has 0 unspecified atom stereocenters. The van der Waals surface area contributed by atoms with Crippen molar-refractivity contribution in [1.82, 2.24) is 0 Å². The highest BCUT2D eigenvalue weighted by atomic mass is 16.5. The normalized spacial score (nSPS) is 10.7. The molecule has 0 amide bonds. The van der Waals surface area contributed by atoms with Gasteiger partial charge in [0.05, 0.1) is 12.8 Å². The maximum atomic E-state index is 11.3. The molecule has 0 saturated heterocycles. The van der Waals surface area contributed by atoms with Crippen LogP contribution in [0.2, 0.25) is 0 Å². The summed E-state index contributed by atoms with van der Waals surface area (Å²) in [5.74, 6) is 0.755. The molecule has 0 fully saturated rings. The Labute approximate surface area is 117 Å². The Morgan fingerprint density at radius 1 is 1.25 bits per heavy atom. The molecule has 0 aromatic heterocycles. The molecule has 2 aromatic rings. The third-order valence-corrected chi connectivity index (χ3v) is 2.84. The first-order valence-corrected chi connectivity index (χ1v) is 6.12. The number of phenols is 1. The minimum Gasteiger partial charge on any atom is -0.507 e. The predicted molar refractivity (Wildman–Crippen MR) is 78.4 cm³/mol. The van der Waals surface area contributed by atoms with Crippen molar-refractivity contribution >= 4 is 17.7 Å². The molecule has 0 atom stereocenters. The van der Waals surface area contributed by atoms with Gasteiger partial charge >= 0.3 is 0 Å². The second-order valence-electron chi connectivity index (χ2n) is 4.29. The van der Waals surface area contributed by atoms with Gasteiger partial charge in [0.2, 0.25) is 0 Å². The molecular weight excluding hydrogens is 254 g/mol. The Balaban J connectivity index is 2.29. The topological polar surface area (TPSA) is 58.9 Å². The van der Waals surface area contributed by atoms with E-state index < -0.39 is 0 Å². The Morgan fingerprint density at radius 2 is 2.05 bits per heavy atom. The number of methoxy groups -OCH3 is 1. The van der Waals surface area contributed by atoms with E-state index in [-0.39, 0.29) is 11.5 Å². The Bertz CT molecular complexity index is 663. The highest BCUT2D eigenvalue weighted by Gasteiger charge is 2.02. The van der Waals surface area contributed by atoms with Crippen LogP contribution in [0.15, 0.2) is 47.5 Å². The number of rotatable bonds is 4. The van der Waals surface area contributed by atoms with Crippen LogP contribution in [0, 0.1) is 0 Å². The lowest BCUT2D eigenvalue weighted by Crippen LogP contribution is -1.90. The zero-order valence-electron chi connectivity index (χ0n) is 11.3. The number of carbonyl (C=O) groups is 1. The third kappa shape index (κ3) is 3.23. The van der Waals surface area contributed by atoms with Gasteiger partial charge < -0.3 is 9.84 Å². The van der Waals surface area contributed by atoms with Crippen LogP contribution in [0.5, 0.6) is 11.5 Å². The number of hydrogen-bond donors (Lipinski definition) is 1. The first-order chi connectivity index (χ1) is 9.60. The standard InChI is InChI=1S/C16H15NO3/c1-11(18)12-4-3-5-14(8-12)17-10-13-9-15(20-2)6-7-16(13)19/h3-10,19H,1-2H3. The maximum Gasteiger partial charge on any atom is 0.159 e. The number of ether oxygens (including phenoxy) is 1. The summed E-state index contributed by atoms with van der Waals surface area (Å²) in [7, 11) is 1.56. The SMILES string of the molecule is COc1ccc(O)c(C=Nc2cccc(C(C)=O)c2)c1. The average Bonchev–Trinajstić information content (AvgIpc) is 2.46. The van der Waals surface area contributed by atoms with E-state index in [0.29, 0.717) is 22.6 Å². The fourth-order valence-electron chi connectivity index (χ4n) is 1.71. The molecule has 0 aliphatic rings. The first kappa shape index (κ1) is 13.8. The summed E-state index contributed by atoms with van der Waals surface area (Å²) in [6, 6.07) is 11.9. The van der Waals surface area contributed by atoms with E-state index >= 15 is 0 Å². The number of phenolic OH excluding ortho intramolecular Hbond substituents is 1. The summed E-state index contributed by atoms with van der Waals surface area (Å²) in [4.78, 5) is 15.6. The lowest BCUT2D eigenvalue weighted by Gasteiger charge is -2.03. The van der Waals surface area contributed by atoms with Crippen molar-refractivity contribution in [2.24, 2.45) is 4.99 Å². The number of nitrogens with zero attached hydrogens (tertiary/aromatic N) is 1. The van der Waals surface area contributed by atoms with E-state index in [1.807, 2.05) is 0 Å². The van der Waals surface area contributed by atoms with Crippen LogP contribution in [-0.2, 0) is 0 Å². The lowest BCUT2D eigenvalue weighted by molar-refractivity contribution is 0.101. The fraction of sp³-hybridized carbons (Fsp3) is 0.125. The van der Waals surface area contributed by atoms with E-state index in [4.69, 9.17) is 4.74 Å². The molecule has 0 bridgehead atoms. The van der Waals surface area contributed by atoms with E-state index in [2.05, 4.69) is 4.99 Å². The van der Waals surface area contributed by atoms with Gasteiger partial charge in [0.1, 0.15) is 11.5 Å². The second kappa shape index (κ2) is 6.02. The summed E-state index contributed by atoms with van der Waals surface area (Å²) < 4.78 is 5.10. The number of aromatic hydroxyl groups is 1. The molecular formula is C16H15NO3. The lowest BCUT2D eigenvalue weighted by atomic mass is 10.1. The van der Waals surface area contributed by atoms with Gasteiger partial charge in [-0.3, -0.25) is 9.79 Å². The Kier molecular flexibility index (Phi) is 4.15. The van der Waals surface area contributed by atoms with Gasteiger partial charge in [-0.2, -0.15) is 0 Å². The molecule has 0 saturated carbocycles. The van der Waals surface area contributed by atoms with Crippen molar-refractivity contribution < 1.29 is 14.6 Å². The average molecular weight is 269 g/mol. The maximum absolute atomic E-state index is 11.3. The van der Waals surface area contributed by atoms with Crippen molar-refractivity contribution in [2.45, 2.75) is 6.92 Å². The number of ketones is 1. The zero-order chi connectivity index (χ0) is 14.5. The number of carbonyl (C=O) groups excluding carboxylic acids is 1. The molecule has 0 aliphatic heterocycles. The van der Waals surface area contributed by atoms with Crippen LogP contribution in [0.1, 0.15) is 22.8 Å². The van der Waals surface area contributed by atoms with Crippen LogP contribution < -0.4 is 4.74 Å². The van der Waals surface area contributed by atoms with Gasteiger partial charge in [0.25, 0.3) is 0 Å². The Morgan fingerprint density at radius 3 is 2.75 bits per heavy atom. The molecule has 1 N–H and O–H groups in total. The van der Waals surface area contributed by atoms with Gasteiger partial charge in [-0.05, 0) is 37.3 Å². The largest absolute Gasteiger partial charge is 0.507 e. The fourth-order valence-corrected chi connectivity index (χ4v) is 1.71. The third-order valence-electron chi connectivity index (χ3n) is 2.84. The van der Waals surface area contributed by atoms with E-state index in [1.165, 1.54) is 13.1 Å². The number of aliphatic imine (C=N–C) groups is 1. The molecule has 4 heteroatoms. The number of benzene rings is 2.